The minimum absolute atomic E-state index is 0.00254. The number of amides is 1. The van der Waals surface area contributed by atoms with Crippen molar-refractivity contribution in [3.8, 4) is 5.75 Å². The van der Waals surface area contributed by atoms with Gasteiger partial charge in [-0.2, -0.15) is 0 Å². The van der Waals surface area contributed by atoms with E-state index in [1.165, 1.54) is 16.7 Å². The van der Waals surface area contributed by atoms with Crippen LogP contribution in [0.5, 0.6) is 5.75 Å². The third-order valence-corrected chi connectivity index (χ3v) is 5.69. The van der Waals surface area contributed by atoms with Crippen LogP contribution in [-0.4, -0.2) is 24.0 Å². The zero-order chi connectivity index (χ0) is 16.7. The second-order valence-electron chi connectivity index (χ2n) is 7.18. The van der Waals surface area contributed by atoms with Gasteiger partial charge < -0.3 is 15.0 Å². The molecule has 2 aromatic rings. The summed E-state index contributed by atoms with van der Waals surface area (Å²) in [5.41, 5.74) is 4.92. The molecule has 0 radical (unpaired) electrons. The molecule has 1 aromatic carbocycles. The lowest BCUT2D eigenvalue weighted by atomic mass is 9.85. The molecule has 126 valence electrons. The number of aryl methyl sites for hydroxylation is 2. The summed E-state index contributed by atoms with van der Waals surface area (Å²) in [5, 5.41) is 3.11. The number of H-pyrrole nitrogens is 1. The molecule has 2 heterocycles. The summed E-state index contributed by atoms with van der Waals surface area (Å²) in [4.78, 5) is 15.8. The summed E-state index contributed by atoms with van der Waals surface area (Å²) >= 11 is 0. The van der Waals surface area contributed by atoms with Crippen LogP contribution in [0.2, 0.25) is 0 Å². The van der Waals surface area contributed by atoms with Crippen LogP contribution in [0.4, 0.5) is 0 Å². The van der Waals surface area contributed by atoms with Gasteiger partial charge >= 0.3 is 0 Å². The fourth-order valence-electron chi connectivity index (χ4n) is 3.97. The fraction of sp³-hybridized carbons (Fsp3) is 0.450. The maximum absolute atomic E-state index is 12.6. The lowest BCUT2D eigenvalue weighted by molar-refractivity contribution is -0.122. The van der Waals surface area contributed by atoms with Crippen molar-refractivity contribution in [2.75, 3.05) is 13.2 Å². The zero-order valence-electron chi connectivity index (χ0n) is 14.3. The van der Waals surface area contributed by atoms with E-state index in [-0.39, 0.29) is 17.2 Å². The molecule has 1 saturated carbocycles. The van der Waals surface area contributed by atoms with Crippen molar-refractivity contribution in [1.82, 2.24) is 10.3 Å². The summed E-state index contributed by atoms with van der Waals surface area (Å²) in [5.74, 6) is 1.25. The summed E-state index contributed by atoms with van der Waals surface area (Å²) in [6, 6.07) is 8.39. The fourth-order valence-corrected chi connectivity index (χ4v) is 3.97. The van der Waals surface area contributed by atoms with Crippen LogP contribution in [0, 0.1) is 19.8 Å². The lowest BCUT2D eigenvalue weighted by Crippen LogP contribution is -2.32. The molecule has 0 saturated heterocycles. The number of rotatable bonds is 4. The molecule has 24 heavy (non-hydrogen) atoms. The van der Waals surface area contributed by atoms with Crippen LogP contribution in [0.3, 0.4) is 0 Å². The Morgan fingerprint density at radius 1 is 1.38 bits per heavy atom. The van der Waals surface area contributed by atoms with Gasteiger partial charge in [0.15, 0.2) is 0 Å². The van der Waals surface area contributed by atoms with E-state index in [9.17, 15) is 4.79 Å². The number of carbonyl (C=O) groups is 1. The van der Waals surface area contributed by atoms with Gasteiger partial charge in [-0.1, -0.05) is 6.07 Å². The van der Waals surface area contributed by atoms with Crippen molar-refractivity contribution in [2.45, 2.75) is 38.5 Å². The van der Waals surface area contributed by atoms with Crippen LogP contribution >= 0.6 is 0 Å². The molecule has 2 atom stereocenters. The molecule has 1 fully saturated rings. The Hall–Kier alpha value is -2.23. The molecule has 0 bridgehead atoms. The number of benzene rings is 1. The molecule has 1 aliphatic heterocycles. The maximum atomic E-state index is 12.6. The normalized spacial score (nSPS) is 24.3. The minimum Gasteiger partial charge on any atom is -0.493 e. The summed E-state index contributed by atoms with van der Waals surface area (Å²) in [7, 11) is 0. The van der Waals surface area contributed by atoms with Crippen molar-refractivity contribution < 1.29 is 9.53 Å². The Morgan fingerprint density at radius 3 is 3.00 bits per heavy atom. The Bertz CT molecular complexity index is 766. The summed E-state index contributed by atoms with van der Waals surface area (Å²) < 4.78 is 5.86. The third kappa shape index (κ3) is 2.50. The van der Waals surface area contributed by atoms with Gasteiger partial charge in [-0.25, -0.2) is 0 Å². The number of nitrogens with one attached hydrogen (secondary N) is 2. The number of carbonyl (C=O) groups excluding carboxylic acids is 1. The SMILES string of the molecule is Cc1cc2c(cc1C)[C@]1(CCO2)C[C@H]1C(=O)NCCc1ccc[nH]1. The molecule has 1 aliphatic carbocycles. The van der Waals surface area contributed by atoms with Crippen molar-refractivity contribution >= 4 is 5.91 Å². The van der Waals surface area contributed by atoms with Gasteiger partial charge in [0, 0.05) is 41.8 Å². The van der Waals surface area contributed by atoms with Gasteiger partial charge in [-0.3, -0.25) is 4.79 Å². The standard InChI is InChI=1S/C20H24N2O2/c1-13-10-16-18(11-14(13)2)24-9-6-20(16)12-17(20)19(23)22-8-5-15-4-3-7-21-15/h3-4,7,10-11,17,21H,5-6,8-9,12H2,1-2H3,(H,22,23)/t17-,20-/m0/s1. The van der Waals surface area contributed by atoms with Crippen molar-refractivity contribution in [3.05, 3.63) is 52.8 Å². The van der Waals surface area contributed by atoms with Crippen molar-refractivity contribution in [1.29, 1.82) is 0 Å². The molecule has 4 heteroatoms. The Labute approximate surface area is 142 Å². The zero-order valence-corrected chi connectivity index (χ0v) is 14.3. The molecule has 4 rings (SSSR count). The minimum atomic E-state index is 0.00254. The van der Waals surface area contributed by atoms with Crippen LogP contribution in [-0.2, 0) is 16.6 Å². The quantitative estimate of drug-likeness (QED) is 0.908. The second-order valence-corrected chi connectivity index (χ2v) is 7.18. The predicted molar refractivity (Wildman–Crippen MR) is 93.3 cm³/mol. The van der Waals surface area contributed by atoms with Crippen LogP contribution < -0.4 is 10.1 Å². The predicted octanol–water partition coefficient (Wildman–Crippen LogP) is 3.03. The van der Waals surface area contributed by atoms with Crippen LogP contribution in [0.15, 0.2) is 30.5 Å². The molecule has 0 unspecified atom stereocenters. The van der Waals surface area contributed by atoms with E-state index in [1.54, 1.807) is 0 Å². The Kier molecular flexibility index (Phi) is 3.63. The first-order valence-corrected chi connectivity index (χ1v) is 8.75. The largest absolute Gasteiger partial charge is 0.493 e. The van der Waals surface area contributed by atoms with E-state index >= 15 is 0 Å². The first-order valence-electron chi connectivity index (χ1n) is 8.75. The van der Waals surface area contributed by atoms with Gasteiger partial charge in [0.25, 0.3) is 0 Å². The molecular formula is C20H24N2O2. The lowest BCUT2D eigenvalue weighted by Gasteiger charge is -2.28. The van der Waals surface area contributed by atoms with Crippen LogP contribution in [0.1, 0.15) is 35.2 Å². The number of aromatic amines is 1. The highest BCUT2D eigenvalue weighted by atomic mass is 16.5. The van der Waals surface area contributed by atoms with Gasteiger partial charge in [0.1, 0.15) is 5.75 Å². The average molecular weight is 324 g/mol. The Balaban J connectivity index is 1.45. The number of aromatic nitrogens is 1. The molecular weight excluding hydrogens is 300 g/mol. The smallest absolute Gasteiger partial charge is 0.224 e. The highest BCUT2D eigenvalue weighted by molar-refractivity contribution is 5.85. The Morgan fingerprint density at radius 2 is 2.21 bits per heavy atom. The van der Waals surface area contributed by atoms with E-state index < -0.39 is 0 Å². The summed E-state index contributed by atoms with van der Waals surface area (Å²) in [6.45, 7) is 5.63. The van der Waals surface area contributed by atoms with Crippen molar-refractivity contribution in [3.63, 3.8) is 0 Å². The molecule has 1 aromatic heterocycles. The third-order valence-electron chi connectivity index (χ3n) is 5.69. The second kappa shape index (κ2) is 5.69. The highest BCUT2D eigenvalue weighted by Gasteiger charge is 2.61. The number of hydrogen-bond acceptors (Lipinski definition) is 2. The van der Waals surface area contributed by atoms with E-state index in [1.807, 2.05) is 18.3 Å². The molecule has 2 aliphatic rings. The highest BCUT2D eigenvalue weighted by Crippen LogP contribution is 2.61. The average Bonchev–Trinajstić information content (AvgIpc) is 3.02. The molecule has 4 nitrogen and oxygen atoms in total. The van der Waals surface area contributed by atoms with Crippen molar-refractivity contribution in [2.24, 2.45) is 5.92 Å². The number of hydrogen-bond donors (Lipinski definition) is 2. The van der Waals surface area contributed by atoms with Gasteiger partial charge in [0.2, 0.25) is 5.91 Å². The van der Waals surface area contributed by atoms with E-state index in [2.05, 4.69) is 36.3 Å². The van der Waals surface area contributed by atoms with E-state index in [0.29, 0.717) is 13.2 Å². The van der Waals surface area contributed by atoms with Gasteiger partial charge in [-0.15, -0.1) is 0 Å². The van der Waals surface area contributed by atoms with E-state index in [0.717, 1.165) is 30.7 Å². The molecule has 1 amide bonds. The van der Waals surface area contributed by atoms with E-state index in [4.69, 9.17) is 4.74 Å². The molecule has 1 spiro atoms. The first-order chi connectivity index (χ1) is 11.6. The van der Waals surface area contributed by atoms with Gasteiger partial charge in [0.05, 0.1) is 6.61 Å². The number of fused-ring (bicyclic) bond motifs is 2. The molecule has 2 N–H and O–H groups in total. The van der Waals surface area contributed by atoms with Crippen LogP contribution in [0.25, 0.3) is 0 Å². The monoisotopic (exact) mass is 324 g/mol. The maximum Gasteiger partial charge on any atom is 0.224 e. The first kappa shape index (κ1) is 15.3. The number of ether oxygens (including phenoxy) is 1. The van der Waals surface area contributed by atoms with Gasteiger partial charge in [-0.05, 0) is 56.0 Å². The summed E-state index contributed by atoms with van der Waals surface area (Å²) in [6.07, 6.45) is 4.64. The topological polar surface area (TPSA) is 54.1 Å².